The molecule has 1 unspecified atom stereocenters. The van der Waals surface area contributed by atoms with Crippen LogP contribution >= 0.6 is 0 Å². The van der Waals surface area contributed by atoms with Gasteiger partial charge in [-0.05, 0) is 55.7 Å². The second-order valence-corrected chi connectivity index (χ2v) is 8.31. The molecule has 192 valence electrons. The number of pyridine rings is 1. The Morgan fingerprint density at radius 3 is 2.33 bits per heavy atom. The maximum atomic E-state index is 13.8. The predicted octanol–water partition coefficient (Wildman–Crippen LogP) is 5.14. The summed E-state index contributed by atoms with van der Waals surface area (Å²) < 4.78 is 95.5. The number of rotatable bonds is 6. The van der Waals surface area contributed by atoms with Gasteiger partial charge in [-0.15, -0.1) is 0 Å². The van der Waals surface area contributed by atoms with Crippen molar-refractivity contribution in [2.45, 2.75) is 50.7 Å². The summed E-state index contributed by atoms with van der Waals surface area (Å²) in [5.41, 5.74) is -2.50. The van der Waals surface area contributed by atoms with Crippen LogP contribution in [0.2, 0.25) is 0 Å². The number of alkyl halides is 6. The monoisotopic (exact) mass is 516 g/mol. The number of halogens is 7. The second kappa shape index (κ2) is 9.10. The summed E-state index contributed by atoms with van der Waals surface area (Å²) in [6, 6.07) is 2.17. The maximum absolute atomic E-state index is 13.8. The predicted molar refractivity (Wildman–Crippen MR) is 114 cm³/mol. The van der Waals surface area contributed by atoms with Crippen LogP contribution in [0.15, 0.2) is 36.4 Å². The Balaban J connectivity index is 1.68. The van der Waals surface area contributed by atoms with Crippen molar-refractivity contribution in [3.05, 3.63) is 64.7 Å². The lowest BCUT2D eigenvalue weighted by Crippen LogP contribution is -2.39. The van der Waals surface area contributed by atoms with E-state index in [1.54, 1.807) is 12.2 Å². The van der Waals surface area contributed by atoms with Gasteiger partial charge in [-0.1, -0.05) is 6.07 Å². The van der Waals surface area contributed by atoms with Gasteiger partial charge in [0, 0.05) is 12.6 Å². The molecule has 0 spiro atoms. The zero-order chi connectivity index (χ0) is 26.4. The Morgan fingerprint density at radius 1 is 1.06 bits per heavy atom. The molecule has 0 bridgehead atoms. The van der Waals surface area contributed by atoms with Gasteiger partial charge in [0.1, 0.15) is 17.2 Å². The molecule has 3 aromatic rings. The third kappa shape index (κ3) is 5.14. The fourth-order valence-electron chi connectivity index (χ4n) is 3.78. The van der Waals surface area contributed by atoms with Crippen LogP contribution in [0.5, 0.6) is 0 Å². The number of fused-ring (bicyclic) bond motifs is 1. The number of carbonyl (C=O) groups is 2. The van der Waals surface area contributed by atoms with E-state index in [1.165, 1.54) is 22.8 Å². The molecule has 2 heterocycles. The largest absolute Gasteiger partial charge is 0.419 e. The van der Waals surface area contributed by atoms with Crippen molar-refractivity contribution in [3.8, 4) is 0 Å². The van der Waals surface area contributed by atoms with Gasteiger partial charge in [-0.2, -0.15) is 26.3 Å². The number of hydrogen-bond donors (Lipinski definition) is 2. The minimum absolute atomic E-state index is 0.0233. The molecule has 1 aliphatic carbocycles. The molecule has 2 amide bonds. The van der Waals surface area contributed by atoms with E-state index in [1.807, 2.05) is 0 Å². The molecule has 0 saturated heterocycles. The molecule has 0 aliphatic heterocycles. The van der Waals surface area contributed by atoms with E-state index in [2.05, 4.69) is 10.3 Å². The zero-order valence-electron chi connectivity index (χ0n) is 18.6. The van der Waals surface area contributed by atoms with Crippen LogP contribution in [0.25, 0.3) is 11.0 Å². The lowest BCUT2D eigenvalue weighted by Gasteiger charge is -2.23. The molecule has 2 aromatic heterocycles. The topological polar surface area (TPSA) is 76.0 Å². The first-order chi connectivity index (χ1) is 16.8. The van der Waals surface area contributed by atoms with Gasteiger partial charge in [0.15, 0.2) is 6.04 Å². The van der Waals surface area contributed by atoms with Gasteiger partial charge in [0.25, 0.3) is 11.8 Å². The molecular formula is C23H19F7N4O2. The van der Waals surface area contributed by atoms with E-state index in [4.69, 9.17) is 0 Å². The van der Waals surface area contributed by atoms with Crippen molar-refractivity contribution in [2.75, 3.05) is 0 Å². The normalized spacial score (nSPS) is 15.1. The van der Waals surface area contributed by atoms with E-state index >= 15 is 0 Å². The lowest BCUT2D eigenvalue weighted by molar-refractivity contribution is -0.156. The lowest BCUT2D eigenvalue weighted by atomic mass is 10.0. The van der Waals surface area contributed by atoms with Gasteiger partial charge < -0.3 is 15.2 Å². The fraction of sp³-hybridized carbons (Fsp3) is 0.348. The number of carbonyl (C=O) groups excluding carboxylic acids is 2. The summed E-state index contributed by atoms with van der Waals surface area (Å²) in [5, 5.41) is 4.47. The highest BCUT2D eigenvalue weighted by molar-refractivity contribution is 6.00. The number of hydrogen-bond acceptors (Lipinski definition) is 3. The van der Waals surface area contributed by atoms with E-state index in [0.717, 1.165) is 12.8 Å². The molecule has 13 heteroatoms. The quantitative estimate of drug-likeness (QED) is 0.446. The molecule has 2 N–H and O–H groups in total. The Morgan fingerprint density at radius 2 is 1.75 bits per heavy atom. The molecule has 4 rings (SSSR count). The number of nitrogens with zero attached hydrogens (tertiary/aromatic N) is 2. The third-order valence-corrected chi connectivity index (χ3v) is 5.68. The van der Waals surface area contributed by atoms with Crippen molar-refractivity contribution < 1.29 is 40.3 Å². The molecule has 6 nitrogen and oxygen atoms in total. The molecule has 1 saturated carbocycles. The van der Waals surface area contributed by atoms with Crippen LogP contribution < -0.4 is 10.6 Å². The summed E-state index contributed by atoms with van der Waals surface area (Å²) in [7, 11) is 0. The summed E-state index contributed by atoms with van der Waals surface area (Å²) in [4.78, 5) is 29.4. The average Bonchev–Trinajstić information content (AvgIpc) is 3.52. The maximum Gasteiger partial charge on any atom is 0.419 e. The van der Waals surface area contributed by atoms with Crippen molar-refractivity contribution >= 4 is 22.8 Å². The molecule has 0 radical (unpaired) electrons. The minimum atomic E-state index is -5.23. The Bertz CT molecular complexity index is 1330. The molecule has 1 atom stereocenters. The Labute approximate surface area is 199 Å². The summed E-state index contributed by atoms with van der Waals surface area (Å²) >= 11 is 0. The standard InChI is InChI=1S/C23H19F7N4O2/c1-2-34-17-8-7-15(20(35)31-12-4-5-12)32-16(17)10-18(34)21(36)33-19(23(28,29)30)11-3-6-14(24)13(9-11)22(25,26)27/h3,6-10,12,19H,2,4-5H2,1H3,(H,31,35)(H,33,36). The van der Waals surface area contributed by atoms with E-state index < -0.39 is 47.2 Å². The van der Waals surface area contributed by atoms with Crippen LogP contribution in [-0.4, -0.2) is 33.6 Å². The SMILES string of the molecule is CCn1c(C(=O)NC(c2ccc(F)c(C(F)(F)F)c2)C(F)(F)F)cc2nc(C(=O)NC3CC3)ccc21. The molecular weight excluding hydrogens is 497 g/mol. The van der Waals surface area contributed by atoms with Crippen LogP contribution in [0.4, 0.5) is 30.7 Å². The second-order valence-electron chi connectivity index (χ2n) is 8.31. The van der Waals surface area contributed by atoms with E-state index in [-0.39, 0.29) is 41.6 Å². The van der Waals surface area contributed by atoms with Gasteiger partial charge in [0.05, 0.1) is 16.6 Å². The van der Waals surface area contributed by atoms with Crippen LogP contribution in [0, 0.1) is 5.82 Å². The van der Waals surface area contributed by atoms with Gasteiger partial charge in [0.2, 0.25) is 0 Å². The van der Waals surface area contributed by atoms with Gasteiger partial charge >= 0.3 is 12.4 Å². The first-order valence-electron chi connectivity index (χ1n) is 10.8. The van der Waals surface area contributed by atoms with Crippen LogP contribution in [-0.2, 0) is 12.7 Å². The smallest absolute Gasteiger partial charge is 0.348 e. The van der Waals surface area contributed by atoms with Crippen LogP contribution in [0.1, 0.15) is 57.9 Å². The molecule has 1 aliphatic rings. The van der Waals surface area contributed by atoms with Crippen molar-refractivity contribution in [3.63, 3.8) is 0 Å². The molecule has 1 aromatic carbocycles. The van der Waals surface area contributed by atoms with E-state index in [9.17, 15) is 40.3 Å². The first kappa shape index (κ1) is 25.5. The molecule has 36 heavy (non-hydrogen) atoms. The number of amides is 2. The molecule has 1 fully saturated rings. The summed E-state index contributed by atoms with van der Waals surface area (Å²) in [6.07, 6.45) is -8.72. The summed E-state index contributed by atoms with van der Waals surface area (Å²) in [5.74, 6) is -3.40. The minimum Gasteiger partial charge on any atom is -0.348 e. The number of aryl methyl sites for hydroxylation is 1. The van der Waals surface area contributed by atoms with Crippen molar-refractivity contribution in [1.82, 2.24) is 20.2 Å². The van der Waals surface area contributed by atoms with Crippen molar-refractivity contribution in [1.29, 1.82) is 0 Å². The fourth-order valence-corrected chi connectivity index (χ4v) is 3.78. The highest BCUT2D eigenvalue weighted by atomic mass is 19.4. The first-order valence-corrected chi connectivity index (χ1v) is 10.8. The Hall–Kier alpha value is -3.64. The number of aromatic nitrogens is 2. The Kier molecular flexibility index (Phi) is 6.43. The van der Waals surface area contributed by atoms with Gasteiger partial charge in [-0.3, -0.25) is 9.59 Å². The van der Waals surface area contributed by atoms with Crippen molar-refractivity contribution in [2.24, 2.45) is 0 Å². The van der Waals surface area contributed by atoms with E-state index in [0.29, 0.717) is 11.6 Å². The highest BCUT2D eigenvalue weighted by Crippen LogP contribution is 2.38. The number of nitrogens with one attached hydrogen (secondary N) is 2. The summed E-state index contributed by atoms with van der Waals surface area (Å²) in [6.45, 7) is 1.77. The highest BCUT2D eigenvalue weighted by Gasteiger charge is 2.44. The van der Waals surface area contributed by atoms with Crippen LogP contribution in [0.3, 0.4) is 0 Å². The average molecular weight is 516 g/mol. The third-order valence-electron chi connectivity index (χ3n) is 5.68. The number of benzene rings is 1. The zero-order valence-corrected chi connectivity index (χ0v) is 18.6. The van der Waals surface area contributed by atoms with Gasteiger partial charge in [-0.25, -0.2) is 9.37 Å².